The van der Waals surface area contributed by atoms with Gasteiger partial charge in [-0.2, -0.15) is 0 Å². The molecular weight excluding hydrogens is 471 g/mol. The fourth-order valence-electron chi connectivity index (χ4n) is 2.95. The third-order valence-electron chi connectivity index (χ3n) is 4.50. The molecular formula is C23H16Cl2N2O4S. The van der Waals surface area contributed by atoms with Crippen LogP contribution in [0.2, 0.25) is 10.0 Å². The molecule has 0 bridgehead atoms. The molecule has 9 heteroatoms. The molecule has 0 radical (unpaired) electrons. The average Bonchev–Trinajstić information content (AvgIpc) is 3.46. The lowest BCUT2D eigenvalue weighted by molar-refractivity contribution is 0.0951. The minimum Gasteiger partial charge on any atom is -0.459 e. The van der Waals surface area contributed by atoms with Gasteiger partial charge in [-0.3, -0.25) is 10.1 Å². The number of hydrogen-bond donors (Lipinski definition) is 3. The number of aliphatic hydroxyl groups excluding tert-OH is 1. The molecule has 1 amide bonds. The molecule has 0 unspecified atom stereocenters. The quantitative estimate of drug-likeness (QED) is 0.294. The second kappa shape index (κ2) is 9.58. The Bertz CT molecular complexity index is 1280. The number of hydrogen-bond acceptors (Lipinski definition) is 5. The molecule has 32 heavy (non-hydrogen) atoms. The van der Waals surface area contributed by atoms with Crippen molar-refractivity contribution in [2.24, 2.45) is 0 Å². The maximum absolute atomic E-state index is 12.5. The van der Waals surface area contributed by atoms with Crippen LogP contribution in [0.5, 0.6) is 0 Å². The number of furan rings is 2. The maximum Gasteiger partial charge on any atom is 0.293 e. The molecule has 0 aliphatic carbocycles. The Morgan fingerprint density at radius 3 is 2.41 bits per heavy atom. The van der Waals surface area contributed by atoms with Gasteiger partial charge in [0.25, 0.3) is 5.91 Å². The summed E-state index contributed by atoms with van der Waals surface area (Å²) >= 11 is 17.4. The molecule has 0 atom stereocenters. The first-order valence-electron chi connectivity index (χ1n) is 9.40. The highest BCUT2D eigenvalue weighted by Crippen LogP contribution is 2.31. The minimum atomic E-state index is -0.504. The molecule has 0 aliphatic rings. The number of carbonyl (C=O) groups is 1. The normalized spacial score (nSPS) is 10.7. The van der Waals surface area contributed by atoms with Gasteiger partial charge in [0, 0.05) is 21.8 Å². The van der Waals surface area contributed by atoms with Crippen LogP contribution in [0.4, 0.5) is 5.69 Å². The van der Waals surface area contributed by atoms with Gasteiger partial charge in [-0.1, -0.05) is 23.2 Å². The lowest BCUT2D eigenvalue weighted by Crippen LogP contribution is -2.33. The fraction of sp³-hybridized carbons (Fsp3) is 0.0435. The van der Waals surface area contributed by atoms with Gasteiger partial charge >= 0.3 is 0 Å². The minimum absolute atomic E-state index is 0.0769. The lowest BCUT2D eigenvalue weighted by atomic mass is 10.1. The van der Waals surface area contributed by atoms with Crippen molar-refractivity contribution in [1.29, 1.82) is 0 Å². The van der Waals surface area contributed by atoms with E-state index in [4.69, 9.17) is 49.4 Å². The first kappa shape index (κ1) is 22.1. The van der Waals surface area contributed by atoms with Crippen molar-refractivity contribution < 1.29 is 18.7 Å². The van der Waals surface area contributed by atoms with Gasteiger partial charge in [-0.05, 0) is 78.9 Å². The summed E-state index contributed by atoms with van der Waals surface area (Å²) in [6, 6.07) is 18.9. The Morgan fingerprint density at radius 1 is 0.938 bits per heavy atom. The molecule has 2 aromatic carbocycles. The second-order valence-corrected chi connectivity index (χ2v) is 7.95. The monoisotopic (exact) mass is 486 g/mol. The van der Waals surface area contributed by atoms with E-state index in [1.807, 2.05) is 12.1 Å². The van der Waals surface area contributed by atoms with Gasteiger partial charge in [0.2, 0.25) is 0 Å². The largest absolute Gasteiger partial charge is 0.459 e. The molecule has 0 saturated carbocycles. The highest BCUT2D eigenvalue weighted by molar-refractivity contribution is 7.80. The van der Waals surface area contributed by atoms with Crippen LogP contribution in [0, 0.1) is 0 Å². The maximum atomic E-state index is 12.5. The van der Waals surface area contributed by atoms with E-state index < -0.39 is 5.91 Å². The van der Waals surface area contributed by atoms with Gasteiger partial charge in [-0.25, -0.2) is 0 Å². The Balaban J connectivity index is 1.38. The van der Waals surface area contributed by atoms with E-state index in [1.165, 1.54) is 6.07 Å². The van der Waals surface area contributed by atoms with Crippen LogP contribution in [0.1, 0.15) is 16.3 Å². The standard InChI is InChI=1S/C23H16Cl2N2O4S/c24-14-3-7-18(25)17(11-14)20-9-10-21(31-20)22(29)27-23(32)26-15-4-1-13(2-5-15)19-8-6-16(12-28)30-19/h1-11,28H,12H2,(H2,26,27,29,32). The number of aliphatic hydroxyl groups is 1. The van der Waals surface area contributed by atoms with Crippen LogP contribution in [0.25, 0.3) is 22.6 Å². The van der Waals surface area contributed by atoms with Crippen LogP contribution in [-0.2, 0) is 6.61 Å². The molecule has 0 fully saturated rings. The summed E-state index contributed by atoms with van der Waals surface area (Å²) in [6.07, 6.45) is 0. The molecule has 3 N–H and O–H groups in total. The Hall–Kier alpha value is -3.10. The highest BCUT2D eigenvalue weighted by atomic mass is 35.5. The number of carbonyl (C=O) groups excluding carboxylic acids is 1. The van der Waals surface area contributed by atoms with E-state index in [0.29, 0.717) is 38.6 Å². The molecule has 0 spiro atoms. The second-order valence-electron chi connectivity index (χ2n) is 6.70. The molecule has 6 nitrogen and oxygen atoms in total. The van der Waals surface area contributed by atoms with Crippen LogP contribution < -0.4 is 10.6 Å². The first-order valence-corrected chi connectivity index (χ1v) is 10.6. The zero-order chi connectivity index (χ0) is 22.7. The van der Waals surface area contributed by atoms with E-state index in [9.17, 15) is 4.79 Å². The van der Waals surface area contributed by atoms with Crippen molar-refractivity contribution in [3.8, 4) is 22.6 Å². The van der Waals surface area contributed by atoms with Gasteiger partial charge in [0.05, 0.1) is 5.02 Å². The third kappa shape index (κ3) is 5.03. The van der Waals surface area contributed by atoms with Crippen molar-refractivity contribution in [2.45, 2.75) is 6.61 Å². The Kier molecular flexibility index (Phi) is 6.62. The van der Waals surface area contributed by atoms with Gasteiger partial charge < -0.3 is 19.3 Å². The third-order valence-corrected chi connectivity index (χ3v) is 5.26. The summed E-state index contributed by atoms with van der Waals surface area (Å²) in [5.41, 5.74) is 2.11. The number of rotatable bonds is 5. The number of halogens is 2. The lowest BCUT2D eigenvalue weighted by Gasteiger charge is -2.09. The molecule has 2 aromatic heterocycles. The van der Waals surface area contributed by atoms with Gasteiger partial charge in [-0.15, -0.1) is 0 Å². The van der Waals surface area contributed by atoms with Crippen LogP contribution >= 0.6 is 35.4 Å². The number of amides is 1. The van der Waals surface area contributed by atoms with Crippen LogP contribution in [0.3, 0.4) is 0 Å². The number of thiocarbonyl (C=S) groups is 1. The first-order chi connectivity index (χ1) is 15.4. The average molecular weight is 487 g/mol. The van der Waals surface area contributed by atoms with Gasteiger partial charge in [0.1, 0.15) is 23.9 Å². The number of nitrogens with one attached hydrogen (secondary N) is 2. The zero-order valence-electron chi connectivity index (χ0n) is 16.4. The summed E-state index contributed by atoms with van der Waals surface area (Å²) in [6.45, 7) is -0.156. The van der Waals surface area contributed by atoms with Crippen molar-refractivity contribution in [2.75, 3.05) is 5.32 Å². The summed E-state index contributed by atoms with van der Waals surface area (Å²) in [4.78, 5) is 12.5. The predicted molar refractivity (Wildman–Crippen MR) is 128 cm³/mol. The van der Waals surface area contributed by atoms with Crippen molar-refractivity contribution in [3.05, 3.63) is 88.3 Å². The molecule has 0 aliphatic heterocycles. The van der Waals surface area contributed by atoms with Crippen molar-refractivity contribution in [3.63, 3.8) is 0 Å². The number of benzene rings is 2. The topological polar surface area (TPSA) is 87.6 Å². The summed E-state index contributed by atoms with van der Waals surface area (Å²) in [5, 5.41) is 15.7. The van der Waals surface area contributed by atoms with Crippen LogP contribution in [0.15, 0.2) is 75.6 Å². The summed E-state index contributed by atoms with van der Waals surface area (Å²) in [5.74, 6) is 1.12. The summed E-state index contributed by atoms with van der Waals surface area (Å²) < 4.78 is 11.1. The SMILES string of the molecule is O=C(NC(=S)Nc1ccc(-c2ccc(CO)o2)cc1)c1ccc(-c2cc(Cl)ccc2Cl)o1. The molecule has 0 saturated heterocycles. The van der Waals surface area contributed by atoms with Crippen LogP contribution in [-0.4, -0.2) is 16.1 Å². The Morgan fingerprint density at radius 2 is 1.69 bits per heavy atom. The van der Waals surface area contributed by atoms with E-state index in [0.717, 1.165) is 5.56 Å². The van der Waals surface area contributed by atoms with E-state index >= 15 is 0 Å². The van der Waals surface area contributed by atoms with E-state index in [1.54, 1.807) is 48.5 Å². The molecule has 162 valence electrons. The highest BCUT2D eigenvalue weighted by Gasteiger charge is 2.15. The van der Waals surface area contributed by atoms with Gasteiger partial charge in [0.15, 0.2) is 10.9 Å². The molecule has 4 rings (SSSR count). The fourth-order valence-corrected chi connectivity index (χ4v) is 3.55. The van der Waals surface area contributed by atoms with Crippen molar-refractivity contribution >= 4 is 52.1 Å². The zero-order valence-corrected chi connectivity index (χ0v) is 18.7. The number of anilines is 1. The smallest absolute Gasteiger partial charge is 0.293 e. The summed E-state index contributed by atoms with van der Waals surface area (Å²) in [7, 11) is 0. The van der Waals surface area contributed by atoms with E-state index in [2.05, 4.69) is 10.6 Å². The molecule has 2 heterocycles. The predicted octanol–water partition coefficient (Wildman–Crippen LogP) is 6.13. The Labute approximate surface area is 198 Å². The van der Waals surface area contributed by atoms with Crippen molar-refractivity contribution in [1.82, 2.24) is 5.32 Å². The van der Waals surface area contributed by atoms with E-state index in [-0.39, 0.29) is 17.5 Å². The molecule has 4 aromatic rings.